The molecule has 0 fully saturated rings. The maximum Gasteiger partial charge on any atom is 0.233 e. The highest BCUT2D eigenvalue weighted by Gasteiger charge is 2.13. The molecule has 2 N–H and O–H groups in total. The van der Waals surface area contributed by atoms with Gasteiger partial charge in [-0.2, -0.15) is 0 Å². The molecule has 0 aliphatic rings. The fourth-order valence-electron chi connectivity index (χ4n) is 3.56. The molecule has 0 aliphatic heterocycles. The molecule has 9 heteroatoms. The lowest BCUT2D eigenvalue weighted by Crippen LogP contribution is -2.21. The van der Waals surface area contributed by atoms with Gasteiger partial charge in [-0.05, 0) is 48.5 Å². The van der Waals surface area contributed by atoms with Gasteiger partial charge in [-0.3, -0.25) is 14.6 Å². The summed E-state index contributed by atoms with van der Waals surface area (Å²) in [5, 5.41) is 6.14. The highest BCUT2D eigenvalue weighted by Crippen LogP contribution is 2.37. The van der Waals surface area contributed by atoms with E-state index in [2.05, 4.69) is 15.6 Å². The van der Waals surface area contributed by atoms with Crippen molar-refractivity contribution in [1.82, 2.24) is 4.98 Å². The predicted octanol–water partition coefficient (Wildman–Crippen LogP) is 5.02. The highest BCUT2D eigenvalue weighted by molar-refractivity contribution is 6.08. The number of methoxy groups -OCH3 is 3. The molecule has 3 aromatic carbocycles. The van der Waals surface area contributed by atoms with E-state index in [4.69, 9.17) is 18.9 Å². The summed E-state index contributed by atoms with van der Waals surface area (Å²) in [6.45, 7) is 0. The molecule has 36 heavy (non-hydrogen) atoms. The van der Waals surface area contributed by atoms with Crippen LogP contribution in [-0.2, 0) is 9.59 Å². The monoisotopic (exact) mass is 487 g/mol. The quantitative estimate of drug-likeness (QED) is 0.319. The zero-order valence-corrected chi connectivity index (χ0v) is 20.0. The van der Waals surface area contributed by atoms with E-state index in [1.54, 1.807) is 87.1 Å². The van der Waals surface area contributed by atoms with Crippen molar-refractivity contribution >= 4 is 34.1 Å². The first kappa shape index (κ1) is 24.3. The normalized spacial score (nSPS) is 10.4. The predicted molar refractivity (Wildman–Crippen MR) is 136 cm³/mol. The smallest absolute Gasteiger partial charge is 0.233 e. The summed E-state index contributed by atoms with van der Waals surface area (Å²) in [7, 11) is 4.64. The molecular weight excluding hydrogens is 462 g/mol. The molecule has 0 radical (unpaired) electrons. The average molecular weight is 488 g/mol. The van der Waals surface area contributed by atoms with Gasteiger partial charge in [-0.1, -0.05) is 12.1 Å². The lowest BCUT2D eigenvalue weighted by Gasteiger charge is -2.13. The zero-order chi connectivity index (χ0) is 25.5. The van der Waals surface area contributed by atoms with E-state index < -0.39 is 11.8 Å². The number of hydrogen-bond acceptors (Lipinski definition) is 7. The van der Waals surface area contributed by atoms with Crippen molar-refractivity contribution in [3.8, 4) is 28.7 Å². The Hall–Kier alpha value is -4.79. The third kappa shape index (κ3) is 5.64. The minimum Gasteiger partial charge on any atom is -0.495 e. The first-order chi connectivity index (χ1) is 17.5. The van der Waals surface area contributed by atoms with Crippen LogP contribution in [0.3, 0.4) is 0 Å². The van der Waals surface area contributed by atoms with Gasteiger partial charge in [-0.25, -0.2) is 0 Å². The second-order valence-electron chi connectivity index (χ2n) is 7.63. The van der Waals surface area contributed by atoms with E-state index in [1.807, 2.05) is 0 Å². The van der Waals surface area contributed by atoms with Crippen LogP contribution in [0.4, 0.5) is 11.4 Å². The van der Waals surface area contributed by atoms with Gasteiger partial charge in [0.1, 0.15) is 23.7 Å². The summed E-state index contributed by atoms with van der Waals surface area (Å²) in [6, 6.07) is 19.2. The molecule has 0 atom stereocenters. The van der Waals surface area contributed by atoms with Crippen LogP contribution in [0.2, 0.25) is 0 Å². The summed E-state index contributed by atoms with van der Waals surface area (Å²) in [6.07, 6.45) is 1.30. The largest absolute Gasteiger partial charge is 0.495 e. The Labute approximate surface area is 208 Å². The molecule has 0 aliphatic carbocycles. The fourth-order valence-corrected chi connectivity index (χ4v) is 3.56. The number of para-hydroxylation sites is 2. The molecule has 0 unspecified atom stereocenters. The molecular formula is C27H25N3O6. The summed E-state index contributed by atoms with van der Waals surface area (Å²) in [4.78, 5) is 29.0. The van der Waals surface area contributed by atoms with Crippen molar-refractivity contribution in [2.24, 2.45) is 0 Å². The van der Waals surface area contributed by atoms with Gasteiger partial charge in [0.2, 0.25) is 11.8 Å². The van der Waals surface area contributed by atoms with Crippen LogP contribution in [0, 0.1) is 0 Å². The molecule has 0 saturated heterocycles. The van der Waals surface area contributed by atoms with Crippen LogP contribution in [0.5, 0.6) is 28.7 Å². The number of nitrogens with zero attached hydrogens (tertiary/aromatic N) is 1. The molecule has 2 amide bonds. The number of carbonyl (C=O) groups excluding carboxylic acids is 2. The van der Waals surface area contributed by atoms with Crippen molar-refractivity contribution in [2.75, 3.05) is 32.0 Å². The van der Waals surface area contributed by atoms with E-state index in [9.17, 15) is 9.59 Å². The van der Waals surface area contributed by atoms with Crippen LogP contribution >= 0.6 is 0 Å². The second-order valence-corrected chi connectivity index (χ2v) is 7.63. The number of pyridine rings is 1. The van der Waals surface area contributed by atoms with Gasteiger partial charge >= 0.3 is 0 Å². The van der Waals surface area contributed by atoms with Crippen LogP contribution in [-0.4, -0.2) is 38.1 Å². The van der Waals surface area contributed by atoms with E-state index >= 15 is 0 Å². The Morgan fingerprint density at radius 2 is 1.42 bits per heavy atom. The molecule has 0 bridgehead atoms. The number of ether oxygens (including phenoxy) is 4. The van der Waals surface area contributed by atoms with E-state index in [0.29, 0.717) is 45.6 Å². The molecule has 4 aromatic rings. The number of fused-ring (bicyclic) bond motifs is 1. The maximum absolute atomic E-state index is 12.3. The van der Waals surface area contributed by atoms with Gasteiger partial charge in [-0.15, -0.1) is 0 Å². The molecule has 4 rings (SSSR count). The van der Waals surface area contributed by atoms with E-state index in [1.165, 1.54) is 7.11 Å². The Bertz CT molecular complexity index is 1390. The van der Waals surface area contributed by atoms with Crippen molar-refractivity contribution in [3.63, 3.8) is 0 Å². The minimum absolute atomic E-state index is 0.343. The number of rotatable bonds is 9. The SMILES string of the molecule is COc1ccccc1NC(=O)CC(=O)Nc1ccc(Oc2ccnc3cc(OC)c(OC)cc23)cc1. The van der Waals surface area contributed by atoms with Gasteiger partial charge in [0.15, 0.2) is 11.5 Å². The van der Waals surface area contributed by atoms with Crippen molar-refractivity contribution < 1.29 is 28.5 Å². The van der Waals surface area contributed by atoms with Crippen molar-refractivity contribution in [3.05, 3.63) is 72.9 Å². The van der Waals surface area contributed by atoms with Crippen LogP contribution in [0.15, 0.2) is 72.9 Å². The first-order valence-electron chi connectivity index (χ1n) is 11.0. The molecule has 0 saturated carbocycles. The molecule has 1 aromatic heterocycles. The van der Waals surface area contributed by atoms with Gasteiger partial charge in [0.25, 0.3) is 0 Å². The third-order valence-corrected chi connectivity index (χ3v) is 5.27. The van der Waals surface area contributed by atoms with Crippen LogP contribution in [0.1, 0.15) is 6.42 Å². The number of nitrogens with one attached hydrogen (secondary N) is 2. The fraction of sp³-hybridized carbons (Fsp3) is 0.148. The molecule has 0 spiro atoms. The Kier molecular flexibility index (Phi) is 7.50. The Morgan fingerprint density at radius 3 is 2.14 bits per heavy atom. The van der Waals surface area contributed by atoms with Gasteiger partial charge < -0.3 is 29.6 Å². The number of aromatic nitrogens is 1. The average Bonchev–Trinajstić information content (AvgIpc) is 2.89. The number of amides is 2. The summed E-state index contributed by atoms with van der Waals surface area (Å²) >= 11 is 0. The van der Waals surface area contributed by atoms with E-state index in [-0.39, 0.29) is 6.42 Å². The number of carbonyl (C=O) groups is 2. The second kappa shape index (κ2) is 11.1. The lowest BCUT2D eigenvalue weighted by atomic mass is 10.2. The first-order valence-corrected chi connectivity index (χ1v) is 11.0. The van der Waals surface area contributed by atoms with Crippen LogP contribution in [0.25, 0.3) is 10.9 Å². The van der Waals surface area contributed by atoms with Gasteiger partial charge in [0, 0.05) is 23.3 Å². The number of benzene rings is 3. The maximum atomic E-state index is 12.3. The zero-order valence-electron chi connectivity index (χ0n) is 20.0. The van der Waals surface area contributed by atoms with E-state index in [0.717, 1.165) is 5.39 Å². The topological polar surface area (TPSA) is 108 Å². The molecule has 9 nitrogen and oxygen atoms in total. The van der Waals surface area contributed by atoms with Crippen molar-refractivity contribution in [2.45, 2.75) is 6.42 Å². The summed E-state index contributed by atoms with van der Waals surface area (Å²) < 4.78 is 22.0. The minimum atomic E-state index is -0.450. The van der Waals surface area contributed by atoms with Crippen LogP contribution < -0.4 is 29.6 Å². The lowest BCUT2D eigenvalue weighted by molar-refractivity contribution is -0.123. The standard InChI is InChI=1S/C27H25N3O6/c1-33-23-7-5-4-6-20(23)30-27(32)16-26(31)29-17-8-10-18(11-9-17)36-22-12-13-28-21-15-25(35-3)24(34-2)14-19(21)22/h4-15H,16H2,1-3H3,(H,29,31)(H,30,32). The van der Waals surface area contributed by atoms with Crippen molar-refractivity contribution in [1.29, 1.82) is 0 Å². The molecule has 184 valence electrons. The number of anilines is 2. The molecule has 1 heterocycles. The highest BCUT2D eigenvalue weighted by atomic mass is 16.5. The Balaban J connectivity index is 1.39. The summed E-state index contributed by atoms with van der Waals surface area (Å²) in [5.41, 5.74) is 1.72. The third-order valence-electron chi connectivity index (χ3n) is 5.27. The van der Waals surface area contributed by atoms with Gasteiger partial charge in [0.05, 0.1) is 32.5 Å². The number of hydrogen-bond donors (Lipinski definition) is 2. The Morgan fingerprint density at radius 1 is 0.750 bits per heavy atom. The summed E-state index contributed by atoms with van der Waals surface area (Å²) in [5.74, 6) is 1.91.